The summed E-state index contributed by atoms with van der Waals surface area (Å²) in [5.74, 6) is -0.907. The van der Waals surface area contributed by atoms with E-state index in [0.717, 1.165) is 0 Å². The Hall–Kier alpha value is -2.89. The van der Waals surface area contributed by atoms with E-state index in [1.54, 1.807) is 30.6 Å². The quantitative estimate of drug-likeness (QED) is 0.725. The minimum Gasteiger partial charge on any atom is -0.321 e. The Morgan fingerprint density at radius 1 is 1.00 bits per heavy atom. The maximum atomic E-state index is 12.7. The number of aromatic nitrogens is 3. The first-order valence-corrected chi connectivity index (χ1v) is 5.86. The van der Waals surface area contributed by atoms with E-state index in [-0.39, 0.29) is 5.91 Å². The van der Waals surface area contributed by atoms with Gasteiger partial charge in [-0.15, -0.1) is 0 Å². The number of fused-ring (bicyclic) bond motifs is 1. The summed E-state index contributed by atoms with van der Waals surface area (Å²) >= 11 is 0. The van der Waals surface area contributed by atoms with E-state index in [9.17, 15) is 9.18 Å². The van der Waals surface area contributed by atoms with Crippen LogP contribution >= 0.6 is 0 Å². The molecule has 5 nitrogen and oxygen atoms in total. The third-order valence-electron chi connectivity index (χ3n) is 2.72. The van der Waals surface area contributed by atoms with Crippen molar-refractivity contribution < 1.29 is 9.18 Å². The molecule has 0 spiro atoms. The van der Waals surface area contributed by atoms with Crippen LogP contribution in [0.5, 0.6) is 0 Å². The monoisotopic (exact) mass is 268 g/mol. The van der Waals surface area contributed by atoms with Gasteiger partial charge in [0.05, 0.1) is 22.9 Å². The number of carbonyl (C=O) groups is 1. The Labute approximate surface area is 113 Å². The summed E-state index contributed by atoms with van der Waals surface area (Å²) in [6.07, 6.45) is 4.41. The van der Waals surface area contributed by atoms with Crippen molar-refractivity contribution >= 4 is 22.6 Å². The van der Waals surface area contributed by atoms with Crippen molar-refractivity contribution in [3.05, 3.63) is 60.4 Å². The maximum absolute atomic E-state index is 12.7. The van der Waals surface area contributed by atoms with Gasteiger partial charge in [0.15, 0.2) is 0 Å². The van der Waals surface area contributed by atoms with Crippen LogP contribution in [-0.4, -0.2) is 20.9 Å². The van der Waals surface area contributed by atoms with E-state index in [1.165, 1.54) is 18.3 Å². The van der Waals surface area contributed by atoms with E-state index in [0.29, 0.717) is 22.3 Å². The van der Waals surface area contributed by atoms with Crippen molar-refractivity contribution in [2.75, 3.05) is 5.32 Å². The molecule has 0 radical (unpaired) electrons. The molecule has 3 aromatic rings. The number of nitrogens with one attached hydrogen (secondary N) is 1. The summed E-state index contributed by atoms with van der Waals surface area (Å²) in [6.45, 7) is 0. The van der Waals surface area contributed by atoms with Crippen molar-refractivity contribution in [3.8, 4) is 0 Å². The zero-order valence-electron chi connectivity index (χ0n) is 10.2. The SMILES string of the molecule is O=C(Nc1ccc(F)nc1)c1ccc2nccnc2c1. The van der Waals surface area contributed by atoms with Crippen molar-refractivity contribution in [2.24, 2.45) is 0 Å². The third kappa shape index (κ3) is 2.44. The Kier molecular flexibility index (Phi) is 3.04. The Balaban J connectivity index is 1.86. The van der Waals surface area contributed by atoms with Crippen molar-refractivity contribution in [3.63, 3.8) is 0 Å². The fourth-order valence-corrected chi connectivity index (χ4v) is 1.76. The predicted octanol–water partition coefficient (Wildman–Crippen LogP) is 2.42. The second kappa shape index (κ2) is 5.00. The van der Waals surface area contributed by atoms with Crippen LogP contribution in [0, 0.1) is 5.95 Å². The molecule has 0 aliphatic rings. The molecule has 6 heteroatoms. The lowest BCUT2D eigenvalue weighted by atomic mass is 10.2. The van der Waals surface area contributed by atoms with Crippen LogP contribution in [0.15, 0.2) is 48.9 Å². The largest absolute Gasteiger partial charge is 0.321 e. The third-order valence-corrected chi connectivity index (χ3v) is 2.72. The van der Waals surface area contributed by atoms with Crippen molar-refractivity contribution in [2.45, 2.75) is 0 Å². The second-order valence-electron chi connectivity index (χ2n) is 4.08. The summed E-state index contributed by atoms with van der Waals surface area (Å²) in [5.41, 5.74) is 2.22. The molecule has 0 saturated carbocycles. The second-order valence-corrected chi connectivity index (χ2v) is 4.08. The molecule has 2 heterocycles. The van der Waals surface area contributed by atoms with Gasteiger partial charge in [0.1, 0.15) is 0 Å². The number of pyridine rings is 1. The van der Waals surface area contributed by atoms with Crippen LogP contribution in [0.3, 0.4) is 0 Å². The van der Waals surface area contributed by atoms with Gasteiger partial charge in [0.25, 0.3) is 5.91 Å². The van der Waals surface area contributed by atoms with Gasteiger partial charge in [-0.1, -0.05) is 0 Å². The van der Waals surface area contributed by atoms with E-state index >= 15 is 0 Å². The lowest BCUT2D eigenvalue weighted by Gasteiger charge is -2.05. The van der Waals surface area contributed by atoms with E-state index in [2.05, 4.69) is 20.3 Å². The number of halogens is 1. The molecular formula is C14H9FN4O. The fraction of sp³-hybridized carbons (Fsp3) is 0. The van der Waals surface area contributed by atoms with Crippen LogP contribution in [0.4, 0.5) is 10.1 Å². The van der Waals surface area contributed by atoms with Crippen LogP contribution in [0.2, 0.25) is 0 Å². The van der Waals surface area contributed by atoms with Crippen molar-refractivity contribution in [1.82, 2.24) is 15.0 Å². The standard InChI is InChI=1S/C14H9FN4O/c15-13-4-2-10(8-18-13)19-14(20)9-1-3-11-12(7-9)17-6-5-16-11/h1-8H,(H,19,20). The highest BCUT2D eigenvalue weighted by Gasteiger charge is 2.08. The van der Waals surface area contributed by atoms with Gasteiger partial charge in [0.2, 0.25) is 5.95 Å². The van der Waals surface area contributed by atoms with Gasteiger partial charge in [0, 0.05) is 18.0 Å². The number of carbonyl (C=O) groups excluding carboxylic acids is 1. The summed E-state index contributed by atoms with van der Waals surface area (Å²) in [5, 5.41) is 2.63. The maximum Gasteiger partial charge on any atom is 0.255 e. The number of hydrogen-bond acceptors (Lipinski definition) is 4. The number of amides is 1. The molecule has 2 aromatic heterocycles. The highest BCUT2D eigenvalue weighted by atomic mass is 19.1. The Morgan fingerprint density at radius 3 is 2.55 bits per heavy atom. The van der Waals surface area contributed by atoms with E-state index in [1.807, 2.05) is 0 Å². The molecule has 20 heavy (non-hydrogen) atoms. The average Bonchev–Trinajstić information content (AvgIpc) is 2.49. The minimum atomic E-state index is -0.594. The van der Waals surface area contributed by atoms with Crippen LogP contribution in [0.1, 0.15) is 10.4 Å². The first-order chi connectivity index (χ1) is 9.72. The summed E-state index contributed by atoms with van der Waals surface area (Å²) < 4.78 is 12.7. The first kappa shape index (κ1) is 12.2. The average molecular weight is 268 g/mol. The van der Waals surface area contributed by atoms with Gasteiger partial charge in [-0.3, -0.25) is 14.8 Å². The normalized spacial score (nSPS) is 10.4. The zero-order valence-corrected chi connectivity index (χ0v) is 10.2. The molecule has 3 rings (SSSR count). The molecule has 1 aromatic carbocycles. The first-order valence-electron chi connectivity index (χ1n) is 5.86. The van der Waals surface area contributed by atoms with Crippen LogP contribution in [-0.2, 0) is 0 Å². The van der Waals surface area contributed by atoms with Crippen LogP contribution < -0.4 is 5.32 Å². The molecule has 1 amide bonds. The molecule has 0 atom stereocenters. The zero-order chi connectivity index (χ0) is 13.9. The number of nitrogens with zero attached hydrogens (tertiary/aromatic N) is 3. The summed E-state index contributed by atoms with van der Waals surface area (Å²) in [7, 11) is 0. The van der Waals surface area contributed by atoms with Gasteiger partial charge in [-0.25, -0.2) is 4.98 Å². The number of rotatable bonds is 2. The molecule has 0 fully saturated rings. The van der Waals surface area contributed by atoms with E-state index < -0.39 is 5.95 Å². The topological polar surface area (TPSA) is 67.8 Å². The summed E-state index contributed by atoms with van der Waals surface area (Å²) in [4.78, 5) is 23.8. The minimum absolute atomic E-state index is 0.314. The Bertz CT molecular complexity index is 773. The molecule has 0 bridgehead atoms. The van der Waals surface area contributed by atoms with Gasteiger partial charge in [-0.05, 0) is 30.3 Å². The molecule has 0 unspecified atom stereocenters. The smallest absolute Gasteiger partial charge is 0.255 e. The predicted molar refractivity (Wildman–Crippen MR) is 71.7 cm³/mol. The Morgan fingerprint density at radius 2 is 1.80 bits per heavy atom. The number of anilines is 1. The van der Waals surface area contributed by atoms with Gasteiger partial charge >= 0.3 is 0 Å². The highest BCUT2D eigenvalue weighted by molar-refractivity contribution is 6.05. The van der Waals surface area contributed by atoms with Crippen LogP contribution in [0.25, 0.3) is 11.0 Å². The van der Waals surface area contributed by atoms with Crippen molar-refractivity contribution in [1.29, 1.82) is 0 Å². The molecule has 1 N–H and O–H groups in total. The molecule has 0 saturated heterocycles. The molecule has 0 aliphatic carbocycles. The van der Waals surface area contributed by atoms with Gasteiger partial charge in [-0.2, -0.15) is 4.39 Å². The number of hydrogen-bond donors (Lipinski definition) is 1. The lowest BCUT2D eigenvalue weighted by molar-refractivity contribution is 0.102. The molecule has 98 valence electrons. The molecular weight excluding hydrogens is 259 g/mol. The lowest BCUT2D eigenvalue weighted by Crippen LogP contribution is -2.12. The summed E-state index contributed by atoms with van der Waals surface area (Å²) in [6, 6.07) is 7.65. The van der Waals surface area contributed by atoms with Gasteiger partial charge < -0.3 is 5.32 Å². The highest BCUT2D eigenvalue weighted by Crippen LogP contribution is 2.13. The fourth-order valence-electron chi connectivity index (χ4n) is 1.76. The molecule has 0 aliphatic heterocycles. The number of benzene rings is 1. The van der Waals surface area contributed by atoms with E-state index in [4.69, 9.17) is 0 Å².